The standard InChI is InChI=1S/C24H24Cl2N2O3/c1-14-10-15(2)13-27(12-14)22-21(16-4-7-18(31-3)8-5-16)23(29)28(24(22)30)17-6-9-19(25)20(26)11-17/h4-9,11,14-15H,10,12-13H2,1-3H3. The number of carbonyl (C=O) groups is 2. The van der Waals surface area contributed by atoms with Crippen molar-refractivity contribution >= 4 is 46.3 Å². The molecular formula is C24H24Cl2N2O3. The second kappa shape index (κ2) is 8.56. The third-order valence-electron chi connectivity index (χ3n) is 5.78. The van der Waals surface area contributed by atoms with Crippen LogP contribution in [0.25, 0.3) is 5.57 Å². The smallest absolute Gasteiger partial charge is 0.282 e. The Hall–Kier alpha value is -2.50. The number of ether oxygens (including phenoxy) is 1. The summed E-state index contributed by atoms with van der Waals surface area (Å²) in [4.78, 5) is 30.5. The quantitative estimate of drug-likeness (QED) is 0.585. The number of piperidine rings is 1. The Kier molecular flexibility index (Phi) is 6.00. The maximum absolute atomic E-state index is 13.6. The minimum Gasteiger partial charge on any atom is -0.497 e. The van der Waals surface area contributed by atoms with Gasteiger partial charge in [0.2, 0.25) is 0 Å². The zero-order chi connectivity index (χ0) is 22.3. The Balaban J connectivity index is 1.83. The van der Waals surface area contributed by atoms with E-state index in [1.165, 1.54) is 4.90 Å². The molecule has 0 saturated carbocycles. The van der Waals surface area contributed by atoms with Crippen LogP contribution in [0.5, 0.6) is 5.75 Å². The zero-order valence-corrected chi connectivity index (χ0v) is 19.2. The summed E-state index contributed by atoms with van der Waals surface area (Å²) in [7, 11) is 1.59. The van der Waals surface area contributed by atoms with Gasteiger partial charge in [0, 0.05) is 13.1 Å². The number of methoxy groups -OCH3 is 1. The summed E-state index contributed by atoms with van der Waals surface area (Å²) in [5.41, 5.74) is 1.94. The molecule has 0 aromatic heterocycles. The van der Waals surface area contributed by atoms with Crippen LogP contribution in [0.3, 0.4) is 0 Å². The number of hydrogen-bond donors (Lipinski definition) is 0. The molecule has 4 rings (SSSR count). The number of carbonyl (C=O) groups excluding carboxylic acids is 2. The van der Waals surface area contributed by atoms with Crippen LogP contribution in [0.4, 0.5) is 5.69 Å². The lowest BCUT2D eigenvalue weighted by molar-refractivity contribution is -0.120. The highest BCUT2D eigenvalue weighted by Gasteiger charge is 2.43. The number of halogens is 2. The van der Waals surface area contributed by atoms with Gasteiger partial charge in [-0.3, -0.25) is 9.59 Å². The molecule has 7 heteroatoms. The van der Waals surface area contributed by atoms with Crippen molar-refractivity contribution < 1.29 is 14.3 Å². The number of likely N-dealkylation sites (tertiary alicyclic amines) is 1. The minimum absolute atomic E-state index is 0.291. The number of benzene rings is 2. The SMILES string of the molecule is COc1ccc(C2=C(N3CC(C)CC(C)C3)C(=O)N(c3ccc(Cl)c(Cl)c3)C2=O)cc1. The van der Waals surface area contributed by atoms with Crippen LogP contribution < -0.4 is 9.64 Å². The summed E-state index contributed by atoms with van der Waals surface area (Å²) in [5, 5.41) is 0.659. The largest absolute Gasteiger partial charge is 0.497 e. The van der Waals surface area contributed by atoms with Crippen LogP contribution in [0, 0.1) is 11.8 Å². The van der Waals surface area contributed by atoms with Gasteiger partial charge in [0.1, 0.15) is 11.4 Å². The molecule has 0 aliphatic carbocycles. The average Bonchev–Trinajstić information content (AvgIpc) is 2.99. The first-order chi connectivity index (χ1) is 14.8. The highest BCUT2D eigenvalue weighted by Crippen LogP contribution is 2.39. The van der Waals surface area contributed by atoms with E-state index in [2.05, 4.69) is 18.7 Å². The van der Waals surface area contributed by atoms with Gasteiger partial charge in [-0.25, -0.2) is 4.90 Å². The van der Waals surface area contributed by atoms with E-state index in [0.717, 1.165) is 19.5 Å². The monoisotopic (exact) mass is 458 g/mol. The number of nitrogens with zero attached hydrogens (tertiary/aromatic N) is 2. The number of anilines is 1. The molecule has 0 radical (unpaired) electrons. The number of amides is 2. The van der Waals surface area contributed by atoms with Gasteiger partial charge in [0.05, 0.1) is 28.4 Å². The summed E-state index contributed by atoms with van der Waals surface area (Å²) in [6.07, 6.45) is 1.10. The Labute approximate surface area is 192 Å². The minimum atomic E-state index is -0.366. The van der Waals surface area contributed by atoms with E-state index in [1.54, 1.807) is 37.4 Å². The molecule has 0 bridgehead atoms. The molecule has 2 heterocycles. The maximum atomic E-state index is 13.6. The van der Waals surface area contributed by atoms with Crippen molar-refractivity contribution in [1.82, 2.24) is 4.90 Å². The molecule has 2 aromatic carbocycles. The van der Waals surface area contributed by atoms with Crippen LogP contribution >= 0.6 is 23.2 Å². The summed E-state index contributed by atoms with van der Waals surface area (Å²) < 4.78 is 5.25. The molecule has 2 atom stereocenters. The van der Waals surface area contributed by atoms with E-state index in [4.69, 9.17) is 27.9 Å². The van der Waals surface area contributed by atoms with Crippen LogP contribution in [0.15, 0.2) is 48.2 Å². The predicted molar refractivity (Wildman–Crippen MR) is 123 cm³/mol. The van der Waals surface area contributed by atoms with E-state index < -0.39 is 0 Å². The van der Waals surface area contributed by atoms with E-state index in [9.17, 15) is 9.59 Å². The molecule has 2 aromatic rings. The second-order valence-corrected chi connectivity index (χ2v) is 9.16. The third kappa shape index (κ3) is 4.04. The average molecular weight is 459 g/mol. The molecule has 162 valence electrons. The topological polar surface area (TPSA) is 49.9 Å². The Morgan fingerprint density at radius 2 is 1.55 bits per heavy atom. The van der Waals surface area contributed by atoms with E-state index >= 15 is 0 Å². The van der Waals surface area contributed by atoms with Crippen molar-refractivity contribution in [2.45, 2.75) is 20.3 Å². The highest BCUT2D eigenvalue weighted by atomic mass is 35.5. The lowest BCUT2D eigenvalue weighted by atomic mass is 9.91. The van der Waals surface area contributed by atoms with Crippen molar-refractivity contribution in [2.75, 3.05) is 25.1 Å². The van der Waals surface area contributed by atoms with E-state index in [0.29, 0.717) is 50.2 Å². The Bertz CT molecular complexity index is 1050. The van der Waals surface area contributed by atoms with Gasteiger partial charge >= 0.3 is 0 Å². The van der Waals surface area contributed by atoms with Crippen LogP contribution in [-0.4, -0.2) is 36.9 Å². The molecule has 31 heavy (non-hydrogen) atoms. The lowest BCUT2D eigenvalue weighted by Crippen LogP contribution is -2.42. The first kappa shape index (κ1) is 21.7. The van der Waals surface area contributed by atoms with Crippen LogP contribution in [0.2, 0.25) is 10.0 Å². The van der Waals surface area contributed by atoms with Gasteiger partial charge in [0.15, 0.2) is 0 Å². The van der Waals surface area contributed by atoms with Crippen molar-refractivity contribution in [1.29, 1.82) is 0 Å². The normalized spacial score (nSPS) is 21.8. The van der Waals surface area contributed by atoms with Gasteiger partial charge < -0.3 is 9.64 Å². The van der Waals surface area contributed by atoms with Gasteiger partial charge in [-0.2, -0.15) is 0 Å². The van der Waals surface area contributed by atoms with Gasteiger partial charge in [0.25, 0.3) is 11.8 Å². The van der Waals surface area contributed by atoms with Crippen molar-refractivity contribution in [2.24, 2.45) is 11.8 Å². The summed E-state index contributed by atoms with van der Waals surface area (Å²) in [5.74, 6) is 0.833. The summed E-state index contributed by atoms with van der Waals surface area (Å²) in [6.45, 7) is 5.81. The van der Waals surface area contributed by atoms with Crippen LogP contribution in [0.1, 0.15) is 25.8 Å². The molecule has 1 fully saturated rings. The fraction of sp³-hybridized carbons (Fsp3) is 0.333. The Morgan fingerprint density at radius 1 is 0.903 bits per heavy atom. The Morgan fingerprint density at radius 3 is 2.13 bits per heavy atom. The molecule has 2 aliphatic heterocycles. The number of rotatable bonds is 4. The molecule has 2 aliphatic rings. The number of imide groups is 1. The molecule has 0 spiro atoms. The van der Waals surface area contributed by atoms with E-state index in [1.807, 2.05) is 12.1 Å². The van der Waals surface area contributed by atoms with Gasteiger partial charge in [-0.15, -0.1) is 0 Å². The highest BCUT2D eigenvalue weighted by molar-refractivity contribution is 6.46. The lowest BCUT2D eigenvalue weighted by Gasteiger charge is -2.37. The number of hydrogen-bond acceptors (Lipinski definition) is 4. The summed E-state index contributed by atoms with van der Waals surface area (Å²) >= 11 is 12.2. The fourth-order valence-electron chi connectivity index (χ4n) is 4.53. The molecule has 2 amide bonds. The van der Waals surface area contributed by atoms with Gasteiger partial charge in [-0.1, -0.05) is 49.2 Å². The summed E-state index contributed by atoms with van der Waals surface area (Å²) in [6, 6.07) is 12.0. The molecule has 1 saturated heterocycles. The van der Waals surface area contributed by atoms with Crippen molar-refractivity contribution in [3.05, 3.63) is 63.8 Å². The molecule has 5 nitrogen and oxygen atoms in total. The molecular weight excluding hydrogens is 435 g/mol. The predicted octanol–water partition coefficient (Wildman–Crippen LogP) is 5.26. The van der Waals surface area contributed by atoms with Gasteiger partial charge in [-0.05, 0) is 54.2 Å². The third-order valence-corrected chi connectivity index (χ3v) is 6.52. The first-order valence-corrected chi connectivity index (χ1v) is 11.0. The van der Waals surface area contributed by atoms with Crippen LogP contribution in [-0.2, 0) is 9.59 Å². The van der Waals surface area contributed by atoms with Crippen molar-refractivity contribution in [3.63, 3.8) is 0 Å². The van der Waals surface area contributed by atoms with E-state index in [-0.39, 0.29) is 11.8 Å². The first-order valence-electron chi connectivity index (χ1n) is 10.3. The van der Waals surface area contributed by atoms with Crippen molar-refractivity contribution in [3.8, 4) is 5.75 Å². The molecule has 0 N–H and O–H groups in total. The fourth-order valence-corrected chi connectivity index (χ4v) is 4.83. The maximum Gasteiger partial charge on any atom is 0.282 e. The molecule has 2 unspecified atom stereocenters. The zero-order valence-electron chi connectivity index (χ0n) is 17.7. The second-order valence-electron chi connectivity index (χ2n) is 8.35.